The Balaban J connectivity index is 1.56. The number of nitro benzene ring substituents is 1. The molecule has 0 unspecified atom stereocenters. The number of benzene rings is 3. The first-order valence-corrected chi connectivity index (χ1v) is 13.5. The van der Waals surface area contributed by atoms with E-state index in [0.717, 1.165) is 26.9 Å². The normalized spacial score (nSPS) is 11.5. The summed E-state index contributed by atoms with van der Waals surface area (Å²) in [5.74, 6) is -0.705. The highest BCUT2D eigenvalue weighted by molar-refractivity contribution is 7.92. The van der Waals surface area contributed by atoms with Crippen molar-refractivity contribution in [1.82, 2.24) is 9.99 Å². The standard InChI is InChI=1S/C27H24ClN5O5S/c1-19-16-21(20(2)32(19)26-11-7-6-10-25(26)28)17-29-30-27(34)18-31(22-12-14-23(15-13-22)33(35)36)39(37,38)24-8-4-3-5-9-24/h3-17H,18H2,1-2H3,(H,30,34)/b29-17+. The van der Waals surface area contributed by atoms with Gasteiger partial charge in [-0.1, -0.05) is 41.9 Å². The zero-order valence-electron chi connectivity index (χ0n) is 21.0. The lowest BCUT2D eigenvalue weighted by molar-refractivity contribution is -0.384. The van der Waals surface area contributed by atoms with Crippen LogP contribution in [0.25, 0.3) is 5.69 Å². The second-order valence-corrected chi connectivity index (χ2v) is 10.8. The molecule has 0 aliphatic heterocycles. The quantitative estimate of drug-likeness (QED) is 0.173. The molecule has 10 nitrogen and oxygen atoms in total. The summed E-state index contributed by atoms with van der Waals surface area (Å²) in [6.07, 6.45) is 1.47. The minimum Gasteiger partial charge on any atom is -0.316 e. The Hall–Kier alpha value is -4.48. The molecule has 0 atom stereocenters. The van der Waals surface area contributed by atoms with Crippen molar-refractivity contribution in [3.8, 4) is 5.69 Å². The number of non-ortho nitro benzene ring substituents is 1. The molecule has 4 rings (SSSR count). The van der Waals surface area contributed by atoms with Crippen molar-refractivity contribution in [2.24, 2.45) is 5.10 Å². The van der Waals surface area contributed by atoms with Crippen molar-refractivity contribution in [1.29, 1.82) is 0 Å². The van der Waals surface area contributed by atoms with Crippen LogP contribution in [0.2, 0.25) is 5.02 Å². The Labute approximate surface area is 230 Å². The number of nitro groups is 1. The lowest BCUT2D eigenvalue weighted by atomic mass is 10.2. The molecule has 4 aromatic rings. The average molecular weight is 566 g/mol. The Bertz CT molecular complexity index is 1650. The number of carbonyl (C=O) groups excluding carboxylic acids is 1. The summed E-state index contributed by atoms with van der Waals surface area (Å²) in [5, 5.41) is 15.7. The number of para-hydroxylation sites is 1. The molecule has 1 amide bonds. The summed E-state index contributed by atoms with van der Waals surface area (Å²) in [4.78, 5) is 23.2. The molecule has 0 saturated carbocycles. The lowest BCUT2D eigenvalue weighted by Gasteiger charge is -2.23. The van der Waals surface area contributed by atoms with Crippen molar-refractivity contribution in [2.75, 3.05) is 10.8 Å². The zero-order chi connectivity index (χ0) is 28.2. The largest absolute Gasteiger partial charge is 0.316 e. The van der Waals surface area contributed by atoms with Crippen LogP contribution in [-0.4, -0.2) is 36.6 Å². The van der Waals surface area contributed by atoms with Gasteiger partial charge >= 0.3 is 0 Å². The van der Waals surface area contributed by atoms with E-state index in [0.29, 0.717) is 5.02 Å². The first-order chi connectivity index (χ1) is 18.6. The molecule has 200 valence electrons. The van der Waals surface area contributed by atoms with Crippen LogP contribution < -0.4 is 9.73 Å². The number of hydrogen-bond donors (Lipinski definition) is 1. The molecular weight excluding hydrogens is 542 g/mol. The average Bonchev–Trinajstić information content (AvgIpc) is 3.20. The minimum absolute atomic E-state index is 0.0355. The lowest BCUT2D eigenvalue weighted by Crippen LogP contribution is -2.39. The first kappa shape index (κ1) is 27.6. The summed E-state index contributed by atoms with van der Waals surface area (Å²) in [5.41, 5.74) is 5.55. The smallest absolute Gasteiger partial charge is 0.269 e. The van der Waals surface area contributed by atoms with Crippen molar-refractivity contribution in [2.45, 2.75) is 18.7 Å². The van der Waals surface area contributed by atoms with Crippen LogP contribution in [0, 0.1) is 24.0 Å². The van der Waals surface area contributed by atoms with Gasteiger partial charge in [0.05, 0.1) is 32.4 Å². The summed E-state index contributed by atoms with van der Waals surface area (Å²) in [6, 6.07) is 21.8. The Morgan fingerprint density at radius 1 is 1.05 bits per heavy atom. The van der Waals surface area contributed by atoms with E-state index in [9.17, 15) is 23.3 Å². The second kappa shape index (κ2) is 11.5. The summed E-state index contributed by atoms with van der Waals surface area (Å²) >= 11 is 6.36. The zero-order valence-corrected chi connectivity index (χ0v) is 22.6. The van der Waals surface area contributed by atoms with E-state index in [-0.39, 0.29) is 16.3 Å². The molecule has 0 aliphatic carbocycles. The highest BCUT2D eigenvalue weighted by Gasteiger charge is 2.27. The molecule has 12 heteroatoms. The first-order valence-electron chi connectivity index (χ1n) is 11.7. The SMILES string of the molecule is Cc1cc(/C=N/NC(=O)CN(c2ccc([N+](=O)[O-])cc2)S(=O)(=O)c2ccccc2)c(C)n1-c1ccccc1Cl. The fraction of sp³-hybridized carbons (Fsp3) is 0.111. The number of amides is 1. The number of rotatable bonds is 9. The summed E-state index contributed by atoms with van der Waals surface area (Å²) < 4.78 is 29.6. The number of aromatic nitrogens is 1. The van der Waals surface area contributed by atoms with Crippen LogP contribution in [0.5, 0.6) is 0 Å². The molecule has 0 saturated heterocycles. The van der Waals surface area contributed by atoms with Gasteiger partial charge in [0.15, 0.2) is 0 Å². The van der Waals surface area contributed by atoms with Crippen molar-refractivity contribution >= 4 is 45.1 Å². The number of halogens is 1. The number of aryl methyl sites for hydroxylation is 1. The van der Waals surface area contributed by atoms with Crippen LogP contribution in [0.1, 0.15) is 17.0 Å². The van der Waals surface area contributed by atoms with Gasteiger partial charge in [0, 0.05) is 29.1 Å². The number of nitrogens with zero attached hydrogens (tertiary/aromatic N) is 4. The van der Waals surface area contributed by atoms with E-state index in [2.05, 4.69) is 10.5 Å². The van der Waals surface area contributed by atoms with Crippen LogP contribution >= 0.6 is 11.6 Å². The predicted molar refractivity (Wildman–Crippen MR) is 150 cm³/mol. The molecule has 3 aromatic carbocycles. The van der Waals surface area contributed by atoms with E-state index >= 15 is 0 Å². The van der Waals surface area contributed by atoms with Gasteiger partial charge in [0.1, 0.15) is 6.54 Å². The molecule has 0 radical (unpaired) electrons. The maximum absolute atomic E-state index is 13.4. The van der Waals surface area contributed by atoms with Crippen molar-refractivity contribution in [3.05, 3.63) is 117 Å². The van der Waals surface area contributed by atoms with E-state index in [1.165, 1.54) is 42.6 Å². The molecule has 1 heterocycles. The van der Waals surface area contributed by atoms with Crippen LogP contribution in [0.3, 0.4) is 0 Å². The van der Waals surface area contributed by atoms with Crippen molar-refractivity contribution in [3.63, 3.8) is 0 Å². The third-order valence-corrected chi connectivity index (χ3v) is 8.03. The van der Waals surface area contributed by atoms with Gasteiger partial charge in [-0.3, -0.25) is 19.2 Å². The maximum Gasteiger partial charge on any atom is 0.269 e. The number of anilines is 1. The molecule has 0 spiro atoms. The predicted octanol–water partition coefficient (Wildman–Crippen LogP) is 5.00. The fourth-order valence-electron chi connectivity index (χ4n) is 4.04. The van der Waals surface area contributed by atoms with Gasteiger partial charge in [0.25, 0.3) is 21.6 Å². The summed E-state index contributed by atoms with van der Waals surface area (Å²) in [6.45, 7) is 3.20. The topological polar surface area (TPSA) is 127 Å². The Kier molecular flexibility index (Phi) is 8.12. The van der Waals surface area contributed by atoms with Crippen LogP contribution in [0.4, 0.5) is 11.4 Å². The molecular formula is C27H24ClN5O5S. The maximum atomic E-state index is 13.4. The minimum atomic E-state index is -4.17. The molecule has 39 heavy (non-hydrogen) atoms. The highest BCUT2D eigenvalue weighted by atomic mass is 35.5. The molecule has 0 aliphatic rings. The van der Waals surface area contributed by atoms with Gasteiger partial charge in [-0.15, -0.1) is 0 Å². The van der Waals surface area contributed by atoms with E-state index in [1.54, 1.807) is 24.3 Å². The number of carbonyl (C=O) groups is 1. The van der Waals surface area contributed by atoms with Crippen LogP contribution in [-0.2, 0) is 14.8 Å². The Morgan fingerprint density at radius 3 is 2.33 bits per heavy atom. The molecule has 1 aromatic heterocycles. The third-order valence-electron chi connectivity index (χ3n) is 5.92. The van der Waals surface area contributed by atoms with Gasteiger partial charge in [-0.05, 0) is 56.3 Å². The highest BCUT2D eigenvalue weighted by Crippen LogP contribution is 2.27. The van der Waals surface area contributed by atoms with Gasteiger partial charge in [0.2, 0.25) is 0 Å². The van der Waals surface area contributed by atoms with Crippen LogP contribution in [0.15, 0.2) is 94.9 Å². The summed E-state index contributed by atoms with van der Waals surface area (Å²) in [7, 11) is -4.17. The Morgan fingerprint density at radius 2 is 1.69 bits per heavy atom. The number of nitrogens with one attached hydrogen (secondary N) is 1. The second-order valence-electron chi connectivity index (χ2n) is 8.50. The molecule has 0 bridgehead atoms. The number of hydrazone groups is 1. The molecule has 1 N–H and O–H groups in total. The third kappa shape index (κ3) is 6.00. The van der Waals surface area contributed by atoms with Crippen molar-refractivity contribution < 1.29 is 18.1 Å². The van der Waals surface area contributed by atoms with Gasteiger partial charge in [-0.25, -0.2) is 13.8 Å². The molecule has 0 fully saturated rings. The number of hydrogen-bond acceptors (Lipinski definition) is 6. The van der Waals surface area contributed by atoms with Gasteiger partial charge in [-0.2, -0.15) is 5.10 Å². The fourth-order valence-corrected chi connectivity index (χ4v) is 5.70. The van der Waals surface area contributed by atoms with Gasteiger partial charge < -0.3 is 4.57 Å². The van der Waals surface area contributed by atoms with E-state index in [4.69, 9.17) is 11.6 Å². The van der Waals surface area contributed by atoms with E-state index < -0.39 is 27.4 Å². The monoisotopic (exact) mass is 565 g/mol. The van der Waals surface area contributed by atoms with E-state index in [1.807, 2.05) is 42.7 Å². The number of sulfonamides is 1.